The number of hydrogen-bond donors (Lipinski definition) is 2. The maximum Gasteiger partial charge on any atom is 0.276 e. The fourth-order valence-electron chi connectivity index (χ4n) is 1.64. The minimum absolute atomic E-state index is 0.0584. The number of rotatable bonds is 2. The van der Waals surface area contributed by atoms with Crippen molar-refractivity contribution in [3.63, 3.8) is 0 Å². The highest BCUT2D eigenvalue weighted by Crippen LogP contribution is 2.35. The number of phenolic OH excluding ortho intramolecular Hbond substituents is 1. The molecule has 0 saturated carbocycles. The molecule has 0 aromatic heterocycles. The van der Waals surface area contributed by atoms with Crippen molar-refractivity contribution in [3.8, 4) is 11.5 Å². The quantitative estimate of drug-likeness (QED) is 0.797. The van der Waals surface area contributed by atoms with Gasteiger partial charge in [-0.15, -0.1) is 0 Å². The van der Waals surface area contributed by atoms with E-state index < -0.39 is 0 Å². The summed E-state index contributed by atoms with van der Waals surface area (Å²) in [5, 5.41) is 10.1. The lowest BCUT2D eigenvalue weighted by molar-refractivity contribution is -0.122. The number of carbonyl (C=O) groups is 1. The normalized spacial score (nSPS) is 13.9. The molecule has 2 rings (SSSR count). The summed E-state index contributed by atoms with van der Waals surface area (Å²) in [7, 11) is 3.82. The predicted molar refractivity (Wildman–Crippen MR) is 63.3 cm³/mol. The Bertz CT molecular complexity index is 481. The number of nitrogens with one attached hydrogen (secondary N) is 1. The average molecular weight is 234 g/mol. The van der Waals surface area contributed by atoms with Crippen LogP contribution in [0, 0.1) is 0 Å². The number of carbonyl (C=O) groups excluding carboxylic acids is 1. The van der Waals surface area contributed by atoms with E-state index >= 15 is 0 Å². The number of nitrogens with zero attached hydrogens (tertiary/aromatic N) is 1. The third-order valence-electron chi connectivity index (χ3n) is 2.40. The largest absolute Gasteiger partial charge is 0.504 e. The second-order valence-corrected chi connectivity index (χ2v) is 4.13. The van der Waals surface area contributed by atoms with E-state index in [-0.39, 0.29) is 17.4 Å². The number of fused-ring (bicyclic) bond motifs is 1. The van der Waals surface area contributed by atoms with Crippen LogP contribution in [-0.4, -0.2) is 30.0 Å². The van der Waals surface area contributed by atoms with Crippen LogP contribution in [0.15, 0.2) is 18.2 Å². The van der Waals surface area contributed by atoms with E-state index in [0.717, 1.165) is 5.56 Å². The first-order valence-corrected chi connectivity index (χ1v) is 5.22. The van der Waals surface area contributed by atoms with Crippen molar-refractivity contribution in [1.82, 2.24) is 10.4 Å². The molecule has 17 heavy (non-hydrogen) atoms. The molecule has 0 spiro atoms. The molecule has 0 aliphatic carbocycles. The standard InChI is InChI=1S/C12H14N2O3/c1-14(2)7-9-4-3-8-5-6-10(15)13-17-12(8)11(9)16/h3-6,16H,7H2,1-2H3,(H,13,15). The van der Waals surface area contributed by atoms with Gasteiger partial charge in [0.15, 0.2) is 5.75 Å². The molecule has 5 heteroatoms. The Kier molecular flexibility index (Phi) is 3.01. The topological polar surface area (TPSA) is 61.8 Å². The summed E-state index contributed by atoms with van der Waals surface area (Å²) in [4.78, 5) is 18.1. The second-order valence-electron chi connectivity index (χ2n) is 4.13. The van der Waals surface area contributed by atoms with E-state index in [1.807, 2.05) is 31.1 Å². The van der Waals surface area contributed by atoms with E-state index in [9.17, 15) is 9.90 Å². The summed E-state index contributed by atoms with van der Waals surface area (Å²) >= 11 is 0. The molecule has 5 nitrogen and oxygen atoms in total. The van der Waals surface area contributed by atoms with Crippen molar-refractivity contribution in [2.75, 3.05) is 14.1 Å². The smallest absolute Gasteiger partial charge is 0.276 e. The lowest BCUT2D eigenvalue weighted by atomic mass is 10.1. The molecule has 0 bridgehead atoms. The SMILES string of the molecule is CN(C)Cc1ccc2c(c1O)ONC(=O)C=C2. The van der Waals surface area contributed by atoms with Crippen LogP contribution < -0.4 is 10.3 Å². The summed E-state index contributed by atoms with van der Waals surface area (Å²) < 4.78 is 0. The molecule has 0 radical (unpaired) electrons. The zero-order valence-corrected chi connectivity index (χ0v) is 9.73. The fraction of sp³-hybridized carbons (Fsp3) is 0.250. The summed E-state index contributed by atoms with van der Waals surface area (Å²) in [5.41, 5.74) is 3.64. The van der Waals surface area contributed by atoms with E-state index in [1.54, 1.807) is 6.08 Å². The van der Waals surface area contributed by atoms with Crippen molar-refractivity contribution in [1.29, 1.82) is 0 Å². The van der Waals surface area contributed by atoms with E-state index in [0.29, 0.717) is 12.1 Å². The monoisotopic (exact) mass is 234 g/mol. The molecule has 2 N–H and O–H groups in total. The van der Waals surface area contributed by atoms with Crippen LogP contribution in [0.3, 0.4) is 0 Å². The van der Waals surface area contributed by atoms with Gasteiger partial charge >= 0.3 is 0 Å². The molecular weight excluding hydrogens is 220 g/mol. The minimum atomic E-state index is -0.352. The highest BCUT2D eigenvalue weighted by atomic mass is 16.7. The van der Waals surface area contributed by atoms with Gasteiger partial charge in [0.25, 0.3) is 5.91 Å². The molecule has 0 unspecified atom stereocenters. The summed E-state index contributed by atoms with van der Waals surface area (Å²) in [6.45, 7) is 0.597. The first-order chi connectivity index (χ1) is 8.08. The van der Waals surface area contributed by atoms with E-state index in [1.165, 1.54) is 6.08 Å². The molecule has 1 aromatic rings. The summed E-state index contributed by atoms with van der Waals surface area (Å²) in [5.74, 6) is -0.00994. The maximum atomic E-state index is 11.1. The summed E-state index contributed by atoms with van der Waals surface area (Å²) in [6, 6.07) is 3.63. The third-order valence-corrected chi connectivity index (χ3v) is 2.40. The highest BCUT2D eigenvalue weighted by molar-refractivity contribution is 5.92. The number of amides is 1. The molecule has 0 fully saturated rings. The highest BCUT2D eigenvalue weighted by Gasteiger charge is 2.16. The number of phenols is 1. The van der Waals surface area contributed by atoms with Crippen LogP contribution in [0.25, 0.3) is 6.08 Å². The van der Waals surface area contributed by atoms with Gasteiger partial charge in [-0.05, 0) is 20.2 Å². The molecule has 1 aliphatic heterocycles. The van der Waals surface area contributed by atoms with Gasteiger partial charge in [-0.1, -0.05) is 12.1 Å². The van der Waals surface area contributed by atoms with E-state index in [2.05, 4.69) is 5.48 Å². The van der Waals surface area contributed by atoms with Gasteiger partial charge in [-0.3, -0.25) is 4.79 Å². The maximum absolute atomic E-state index is 11.1. The first-order valence-electron chi connectivity index (χ1n) is 5.22. The molecule has 1 amide bonds. The molecular formula is C12H14N2O3. The van der Waals surface area contributed by atoms with Crippen molar-refractivity contribution < 1.29 is 14.7 Å². The molecule has 90 valence electrons. The molecule has 1 heterocycles. The molecule has 1 aromatic carbocycles. The van der Waals surface area contributed by atoms with Gasteiger partial charge in [-0.25, -0.2) is 0 Å². The number of benzene rings is 1. The Labute approximate surface area is 99.3 Å². The summed E-state index contributed by atoms with van der Waals surface area (Å²) in [6.07, 6.45) is 2.97. The first kappa shape index (κ1) is 11.5. The fourth-order valence-corrected chi connectivity index (χ4v) is 1.64. The molecule has 1 aliphatic rings. The number of hydroxylamine groups is 1. The Balaban J connectivity index is 2.40. The minimum Gasteiger partial charge on any atom is -0.504 e. The van der Waals surface area contributed by atoms with Gasteiger partial charge in [0, 0.05) is 23.7 Å². The lowest BCUT2D eigenvalue weighted by Crippen LogP contribution is -2.24. The van der Waals surface area contributed by atoms with Crippen LogP contribution in [0.2, 0.25) is 0 Å². The predicted octanol–water partition coefficient (Wildman–Crippen LogP) is 0.891. The van der Waals surface area contributed by atoms with Gasteiger partial charge in [0.05, 0.1) is 0 Å². The lowest BCUT2D eigenvalue weighted by Gasteiger charge is -2.14. The van der Waals surface area contributed by atoms with Crippen LogP contribution in [0.1, 0.15) is 11.1 Å². The van der Waals surface area contributed by atoms with E-state index in [4.69, 9.17) is 4.84 Å². The van der Waals surface area contributed by atoms with Crippen LogP contribution in [-0.2, 0) is 11.3 Å². The third kappa shape index (κ3) is 2.39. The average Bonchev–Trinajstić information content (AvgIpc) is 2.45. The van der Waals surface area contributed by atoms with Crippen molar-refractivity contribution in [3.05, 3.63) is 29.3 Å². The Morgan fingerprint density at radius 1 is 1.35 bits per heavy atom. The molecule has 0 saturated heterocycles. The van der Waals surface area contributed by atoms with Crippen LogP contribution >= 0.6 is 0 Å². The van der Waals surface area contributed by atoms with Crippen LogP contribution in [0.5, 0.6) is 11.5 Å². The van der Waals surface area contributed by atoms with Gasteiger partial charge in [-0.2, -0.15) is 5.48 Å². The van der Waals surface area contributed by atoms with Gasteiger partial charge in [0.1, 0.15) is 0 Å². The zero-order valence-electron chi connectivity index (χ0n) is 9.73. The number of aromatic hydroxyl groups is 1. The van der Waals surface area contributed by atoms with Gasteiger partial charge in [0.2, 0.25) is 5.75 Å². The van der Waals surface area contributed by atoms with Crippen molar-refractivity contribution in [2.45, 2.75) is 6.54 Å². The Morgan fingerprint density at radius 2 is 2.12 bits per heavy atom. The van der Waals surface area contributed by atoms with Crippen LogP contribution in [0.4, 0.5) is 0 Å². The molecule has 0 atom stereocenters. The Hall–Kier alpha value is -2.01. The van der Waals surface area contributed by atoms with Gasteiger partial charge < -0.3 is 14.8 Å². The van der Waals surface area contributed by atoms with Crippen molar-refractivity contribution >= 4 is 12.0 Å². The van der Waals surface area contributed by atoms with Crippen molar-refractivity contribution in [2.24, 2.45) is 0 Å². The zero-order chi connectivity index (χ0) is 12.4. The Morgan fingerprint density at radius 3 is 2.82 bits per heavy atom. The second kappa shape index (κ2) is 4.47. The number of hydrogen-bond acceptors (Lipinski definition) is 4.